The van der Waals surface area contributed by atoms with Crippen molar-refractivity contribution in [1.82, 2.24) is 15.5 Å². The third-order valence-electron chi connectivity index (χ3n) is 9.36. The van der Waals surface area contributed by atoms with Gasteiger partial charge in [0.15, 0.2) is 0 Å². The molecule has 254 valence electrons. The highest BCUT2D eigenvalue weighted by Gasteiger charge is 2.47. The van der Waals surface area contributed by atoms with Gasteiger partial charge in [0.2, 0.25) is 17.7 Å². The van der Waals surface area contributed by atoms with Crippen LogP contribution in [0.5, 0.6) is 0 Å². The van der Waals surface area contributed by atoms with Gasteiger partial charge in [-0.3, -0.25) is 24.0 Å². The second kappa shape index (κ2) is 16.5. The van der Waals surface area contributed by atoms with Gasteiger partial charge in [-0.25, -0.2) is 0 Å². The highest BCUT2D eigenvalue weighted by Crippen LogP contribution is 2.43. The Kier molecular flexibility index (Phi) is 12.5. The van der Waals surface area contributed by atoms with Crippen LogP contribution >= 0.6 is 0 Å². The summed E-state index contributed by atoms with van der Waals surface area (Å²) in [6.45, 7) is 6.76. The van der Waals surface area contributed by atoms with Crippen molar-refractivity contribution in [1.29, 1.82) is 0 Å². The number of carbonyl (C=O) groups is 5. The van der Waals surface area contributed by atoms with Crippen LogP contribution in [0.2, 0.25) is 0 Å². The number of carbonyl (C=O) groups excluding carboxylic acids is 3. The van der Waals surface area contributed by atoms with Crippen LogP contribution in [0.15, 0.2) is 54.6 Å². The molecule has 0 aliphatic carbocycles. The van der Waals surface area contributed by atoms with Crippen molar-refractivity contribution in [3.05, 3.63) is 65.7 Å². The molecule has 3 aliphatic heterocycles. The summed E-state index contributed by atoms with van der Waals surface area (Å²) in [6, 6.07) is 17.7. The maximum atomic E-state index is 13.7. The Morgan fingerprint density at radius 3 is 2.19 bits per heavy atom. The molecule has 2 atom stereocenters. The smallest absolute Gasteiger partial charge is 0.303 e. The Balaban J connectivity index is 0.000000488. The Bertz CT molecular complexity index is 1390. The Labute approximate surface area is 276 Å². The summed E-state index contributed by atoms with van der Waals surface area (Å²) in [4.78, 5) is 63.7. The zero-order valence-electron chi connectivity index (χ0n) is 27.5. The van der Waals surface area contributed by atoms with Crippen LogP contribution in [-0.2, 0) is 35.8 Å². The largest absolute Gasteiger partial charge is 0.481 e. The van der Waals surface area contributed by atoms with Crippen LogP contribution in [0.4, 0.5) is 5.69 Å². The molecular weight excluding hydrogens is 600 g/mol. The maximum absolute atomic E-state index is 13.7. The Hall–Kier alpha value is -4.25. The molecular formula is C36H48N4O7. The van der Waals surface area contributed by atoms with Gasteiger partial charge in [-0.15, -0.1) is 0 Å². The van der Waals surface area contributed by atoms with E-state index >= 15 is 0 Å². The number of nitrogens with zero attached hydrogens (tertiary/aromatic N) is 2. The van der Waals surface area contributed by atoms with Crippen molar-refractivity contribution in [3.63, 3.8) is 0 Å². The van der Waals surface area contributed by atoms with Gasteiger partial charge in [0.25, 0.3) is 0 Å². The van der Waals surface area contributed by atoms with Gasteiger partial charge in [0.05, 0.1) is 11.3 Å². The van der Waals surface area contributed by atoms with E-state index in [1.165, 1.54) is 0 Å². The van der Waals surface area contributed by atoms with E-state index in [0.29, 0.717) is 26.1 Å². The number of nitrogens with one attached hydrogen (secondary N) is 2. The first-order valence-electron chi connectivity index (χ1n) is 16.7. The van der Waals surface area contributed by atoms with Crippen LogP contribution in [0.25, 0.3) is 0 Å². The number of para-hydroxylation sites is 1. The van der Waals surface area contributed by atoms with E-state index < -0.39 is 23.4 Å². The zero-order valence-corrected chi connectivity index (χ0v) is 27.5. The lowest BCUT2D eigenvalue weighted by molar-refractivity contribution is -0.139. The Morgan fingerprint density at radius 1 is 0.936 bits per heavy atom. The second-order valence-electron chi connectivity index (χ2n) is 13.1. The zero-order chi connectivity index (χ0) is 34.0. The third kappa shape index (κ3) is 9.41. The standard InChI is InChI=1S/C31H40N4O3.C5H8O4/c1-31(2)25-12-6-7-13-27(25)35(30(31)38)24-16-19-34(20-17-24)29(37)26(15-14-22-9-4-3-5-10-22)33-28(36)23-11-8-18-32-21-23;6-4(7)2-1-3-5(8)9/h3-7,9-10,12-13,23-24,26,32H,8,11,14-21H2,1-2H3,(H,33,36);1-3H2,(H,6,7)(H,8,9). The van der Waals surface area contributed by atoms with Crippen molar-refractivity contribution in [2.24, 2.45) is 5.92 Å². The van der Waals surface area contributed by atoms with Gasteiger partial charge in [-0.1, -0.05) is 48.5 Å². The highest BCUT2D eigenvalue weighted by atomic mass is 16.4. The number of likely N-dealkylation sites (tertiary alicyclic amines) is 1. The normalized spacial score (nSPS) is 19.6. The molecule has 4 N–H and O–H groups in total. The van der Waals surface area contributed by atoms with E-state index in [0.717, 1.165) is 55.5 Å². The number of aryl methyl sites for hydroxylation is 1. The molecule has 2 saturated heterocycles. The number of hydrogen-bond donors (Lipinski definition) is 4. The molecule has 0 spiro atoms. The molecule has 47 heavy (non-hydrogen) atoms. The minimum atomic E-state index is -0.948. The molecule has 0 bridgehead atoms. The summed E-state index contributed by atoms with van der Waals surface area (Å²) in [7, 11) is 0. The van der Waals surface area contributed by atoms with Crippen molar-refractivity contribution < 1.29 is 34.2 Å². The van der Waals surface area contributed by atoms with Crippen molar-refractivity contribution in [2.45, 2.75) is 89.1 Å². The van der Waals surface area contributed by atoms with Gasteiger partial charge in [-0.05, 0) is 82.5 Å². The molecule has 11 nitrogen and oxygen atoms in total. The summed E-state index contributed by atoms with van der Waals surface area (Å²) < 4.78 is 0. The first kappa shape index (κ1) is 35.6. The number of aliphatic carboxylic acids is 2. The summed E-state index contributed by atoms with van der Waals surface area (Å²) in [5.74, 6) is -1.89. The number of anilines is 1. The molecule has 2 aromatic carbocycles. The quantitative estimate of drug-likeness (QED) is 0.287. The molecule has 0 saturated carbocycles. The van der Waals surface area contributed by atoms with Crippen LogP contribution in [0, 0.1) is 5.92 Å². The first-order valence-corrected chi connectivity index (χ1v) is 16.7. The van der Waals surface area contributed by atoms with Crippen LogP contribution in [0.1, 0.15) is 76.3 Å². The van der Waals surface area contributed by atoms with Crippen LogP contribution < -0.4 is 15.5 Å². The molecule has 3 heterocycles. The molecule has 0 radical (unpaired) electrons. The van der Waals surface area contributed by atoms with Gasteiger partial charge >= 0.3 is 11.9 Å². The predicted octanol–water partition coefficient (Wildman–Crippen LogP) is 3.74. The molecule has 3 aliphatic rings. The SMILES string of the molecule is CC1(C)C(=O)N(C2CCN(C(=O)C(CCc3ccccc3)NC(=O)C3CCCNC3)CC2)c2ccccc21.O=C(O)CCCC(=O)O. The summed E-state index contributed by atoms with van der Waals surface area (Å²) in [6.07, 6.45) is 4.67. The molecule has 2 aromatic rings. The summed E-state index contributed by atoms with van der Waals surface area (Å²) in [5.41, 5.74) is 2.70. The number of carboxylic acid groups (broad SMARTS) is 2. The number of hydrogen-bond acceptors (Lipinski definition) is 6. The third-order valence-corrected chi connectivity index (χ3v) is 9.36. The monoisotopic (exact) mass is 648 g/mol. The average Bonchev–Trinajstić information content (AvgIpc) is 3.27. The van der Waals surface area contributed by atoms with E-state index in [1.807, 2.05) is 66.1 Å². The Morgan fingerprint density at radius 2 is 1.57 bits per heavy atom. The van der Waals surface area contributed by atoms with E-state index in [9.17, 15) is 24.0 Å². The number of carboxylic acids is 2. The van der Waals surface area contributed by atoms with E-state index in [1.54, 1.807) is 0 Å². The van der Waals surface area contributed by atoms with Gasteiger partial charge in [-0.2, -0.15) is 0 Å². The minimum Gasteiger partial charge on any atom is -0.481 e. The fourth-order valence-corrected chi connectivity index (χ4v) is 6.63. The van der Waals surface area contributed by atoms with E-state index in [2.05, 4.69) is 22.8 Å². The first-order chi connectivity index (χ1) is 22.5. The van der Waals surface area contributed by atoms with Crippen LogP contribution in [0.3, 0.4) is 0 Å². The van der Waals surface area contributed by atoms with Crippen LogP contribution in [-0.4, -0.2) is 83.0 Å². The molecule has 0 aromatic heterocycles. The van der Waals surface area contributed by atoms with Crippen molar-refractivity contribution in [3.8, 4) is 0 Å². The number of rotatable bonds is 11. The van der Waals surface area contributed by atoms with Crippen molar-refractivity contribution >= 4 is 35.3 Å². The summed E-state index contributed by atoms with van der Waals surface area (Å²) >= 11 is 0. The summed E-state index contributed by atoms with van der Waals surface area (Å²) in [5, 5.41) is 22.5. The topological polar surface area (TPSA) is 156 Å². The highest BCUT2D eigenvalue weighted by molar-refractivity contribution is 6.08. The van der Waals surface area contributed by atoms with E-state index in [4.69, 9.17) is 10.2 Å². The number of fused-ring (bicyclic) bond motifs is 1. The predicted molar refractivity (Wildman–Crippen MR) is 178 cm³/mol. The maximum Gasteiger partial charge on any atom is 0.303 e. The van der Waals surface area contributed by atoms with Gasteiger partial charge in [0, 0.05) is 44.2 Å². The lowest BCUT2D eigenvalue weighted by Gasteiger charge is -2.39. The number of amides is 3. The fourth-order valence-electron chi connectivity index (χ4n) is 6.63. The second-order valence-corrected chi connectivity index (χ2v) is 13.1. The van der Waals surface area contributed by atoms with Gasteiger partial charge in [0.1, 0.15) is 6.04 Å². The van der Waals surface area contributed by atoms with Gasteiger partial charge < -0.3 is 30.6 Å². The number of benzene rings is 2. The lowest BCUT2D eigenvalue weighted by Crippen LogP contribution is -2.55. The van der Waals surface area contributed by atoms with E-state index in [-0.39, 0.29) is 48.9 Å². The molecule has 2 fully saturated rings. The average molecular weight is 649 g/mol. The molecule has 3 amide bonds. The fraction of sp³-hybridized carbons (Fsp3) is 0.528. The minimum absolute atomic E-state index is 0.00928. The lowest BCUT2D eigenvalue weighted by atomic mass is 9.86. The molecule has 2 unspecified atom stereocenters. The van der Waals surface area contributed by atoms with Crippen molar-refractivity contribution in [2.75, 3.05) is 31.1 Å². The molecule has 11 heteroatoms. The number of piperidine rings is 2. The molecule has 5 rings (SSSR count).